The van der Waals surface area contributed by atoms with Crippen LogP contribution in [0.4, 0.5) is 0 Å². The summed E-state index contributed by atoms with van der Waals surface area (Å²) in [5.41, 5.74) is 3.64. The summed E-state index contributed by atoms with van der Waals surface area (Å²) in [6.07, 6.45) is 0. The highest BCUT2D eigenvalue weighted by Crippen LogP contribution is 2.25. The Morgan fingerprint density at radius 1 is 1.04 bits per heavy atom. The number of hydrogen-bond acceptors (Lipinski definition) is 2. The van der Waals surface area contributed by atoms with Gasteiger partial charge in [-0.2, -0.15) is 0 Å². The van der Waals surface area contributed by atoms with Crippen molar-refractivity contribution in [3.8, 4) is 0 Å². The molecule has 0 radical (unpaired) electrons. The van der Waals surface area contributed by atoms with E-state index in [0.29, 0.717) is 5.02 Å². The largest absolute Gasteiger partial charge is 0.349 e. The Balaban J connectivity index is 1.96. The van der Waals surface area contributed by atoms with Crippen molar-refractivity contribution in [1.29, 1.82) is 0 Å². The van der Waals surface area contributed by atoms with Crippen LogP contribution < -0.4 is 5.32 Å². The number of nitrogens with one attached hydrogen (secondary N) is 1. The quantitative estimate of drug-likeness (QED) is 0.742. The first-order valence-corrected chi connectivity index (χ1v) is 8.92. The Labute approximate surface area is 147 Å². The third-order valence-corrected chi connectivity index (χ3v) is 5.25. The summed E-state index contributed by atoms with van der Waals surface area (Å²) in [5.74, 6) is 0.0377. The lowest BCUT2D eigenvalue weighted by molar-refractivity contribution is -0.120. The molecule has 4 heteroatoms. The van der Waals surface area contributed by atoms with Gasteiger partial charge in [-0.05, 0) is 68.7 Å². The Morgan fingerprint density at radius 2 is 1.70 bits per heavy atom. The number of aryl methyl sites for hydroxylation is 2. The van der Waals surface area contributed by atoms with Gasteiger partial charge >= 0.3 is 0 Å². The lowest BCUT2D eigenvalue weighted by Gasteiger charge is -2.18. The lowest BCUT2D eigenvalue weighted by Crippen LogP contribution is -2.33. The number of carbonyl (C=O) groups is 1. The summed E-state index contributed by atoms with van der Waals surface area (Å²) < 4.78 is 0. The average molecular weight is 348 g/mol. The van der Waals surface area contributed by atoms with Crippen LogP contribution in [0.1, 0.15) is 36.6 Å². The van der Waals surface area contributed by atoms with Crippen LogP contribution in [0.15, 0.2) is 47.4 Å². The van der Waals surface area contributed by atoms with E-state index < -0.39 is 0 Å². The van der Waals surface area contributed by atoms with Crippen molar-refractivity contribution in [2.75, 3.05) is 0 Å². The van der Waals surface area contributed by atoms with E-state index in [4.69, 9.17) is 11.6 Å². The SMILES string of the molecule is Cc1ccc([C@H](C)NC(=O)[C@H](C)Sc2ccc(Cl)cc2)cc1C. The van der Waals surface area contributed by atoms with Crippen LogP contribution in [-0.4, -0.2) is 11.2 Å². The molecule has 2 atom stereocenters. The third-order valence-electron chi connectivity index (χ3n) is 3.89. The van der Waals surface area contributed by atoms with Gasteiger partial charge in [0.2, 0.25) is 5.91 Å². The molecule has 0 fully saturated rings. The molecule has 0 bridgehead atoms. The zero-order valence-electron chi connectivity index (χ0n) is 13.9. The highest BCUT2D eigenvalue weighted by molar-refractivity contribution is 8.00. The van der Waals surface area contributed by atoms with Crippen molar-refractivity contribution in [2.24, 2.45) is 0 Å². The standard InChI is InChI=1S/C19H22ClNOS/c1-12-5-6-16(11-13(12)2)14(3)21-19(22)15(4)23-18-9-7-17(20)8-10-18/h5-11,14-15H,1-4H3,(H,21,22)/t14-,15-/m0/s1. The van der Waals surface area contributed by atoms with Gasteiger partial charge in [0, 0.05) is 9.92 Å². The molecule has 2 nitrogen and oxygen atoms in total. The van der Waals surface area contributed by atoms with E-state index in [9.17, 15) is 4.79 Å². The summed E-state index contributed by atoms with van der Waals surface area (Å²) in [4.78, 5) is 13.4. The molecule has 0 aliphatic carbocycles. The highest BCUT2D eigenvalue weighted by Gasteiger charge is 2.17. The molecule has 0 heterocycles. The normalized spacial score (nSPS) is 13.4. The molecule has 1 amide bonds. The summed E-state index contributed by atoms with van der Waals surface area (Å²) in [6, 6.07) is 13.8. The fraction of sp³-hybridized carbons (Fsp3) is 0.316. The minimum atomic E-state index is -0.162. The van der Waals surface area contributed by atoms with Crippen LogP contribution in [0.25, 0.3) is 0 Å². The second-order valence-corrected chi connectivity index (χ2v) is 7.64. The maximum Gasteiger partial charge on any atom is 0.233 e. The van der Waals surface area contributed by atoms with E-state index in [-0.39, 0.29) is 17.2 Å². The van der Waals surface area contributed by atoms with Gasteiger partial charge in [-0.25, -0.2) is 0 Å². The molecule has 23 heavy (non-hydrogen) atoms. The molecule has 0 unspecified atom stereocenters. The van der Waals surface area contributed by atoms with E-state index >= 15 is 0 Å². The number of rotatable bonds is 5. The molecule has 2 rings (SSSR count). The highest BCUT2D eigenvalue weighted by atomic mass is 35.5. The predicted octanol–water partition coefficient (Wildman–Crippen LogP) is 5.31. The third kappa shape index (κ3) is 5.02. The lowest BCUT2D eigenvalue weighted by atomic mass is 10.0. The molecule has 0 aliphatic rings. The molecule has 2 aromatic rings. The molecule has 0 aliphatic heterocycles. The first kappa shape index (κ1) is 17.9. The van der Waals surface area contributed by atoms with E-state index in [1.54, 1.807) is 0 Å². The number of benzene rings is 2. The second-order valence-electron chi connectivity index (χ2n) is 5.79. The molecular weight excluding hydrogens is 326 g/mol. The fourth-order valence-electron chi connectivity index (χ4n) is 2.22. The van der Waals surface area contributed by atoms with Crippen LogP contribution in [0.2, 0.25) is 5.02 Å². The van der Waals surface area contributed by atoms with Crippen LogP contribution >= 0.6 is 23.4 Å². The van der Waals surface area contributed by atoms with Crippen molar-refractivity contribution in [3.63, 3.8) is 0 Å². The van der Waals surface area contributed by atoms with Crippen LogP contribution in [0.3, 0.4) is 0 Å². The van der Waals surface area contributed by atoms with Gasteiger partial charge in [0.1, 0.15) is 0 Å². The van der Waals surface area contributed by atoms with Crippen LogP contribution in [0, 0.1) is 13.8 Å². The average Bonchev–Trinajstić information content (AvgIpc) is 2.52. The van der Waals surface area contributed by atoms with Crippen molar-refractivity contribution in [2.45, 2.75) is 43.9 Å². The number of carbonyl (C=O) groups excluding carboxylic acids is 1. The van der Waals surface area contributed by atoms with Crippen LogP contribution in [-0.2, 0) is 4.79 Å². The molecule has 0 spiro atoms. The Bertz CT molecular complexity index is 684. The molecule has 1 N–H and O–H groups in total. The predicted molar refractivity (Wildman–Crippen MR) is 99.2 cm³/mol. The maximum absolute atomic E-state index is 12.4. The molecule has 0 aromatic heterocycles. The Morgan fingerprint density at radius 3 is 2.30 bits per heavy atom. The summed E-state index contributed by atoms with van der Waals surface area (Å²) >= 11 is 7.42. The van der Waals surface area contributed by atoms with Crippen molar-refractivity contribution >= 4 is 29.3 Å². The number of amides is 1. The van der Waals surface area contributed by atoms with Crippen molar-refractivity contribution < 1.29 is 4.79 Å². The smallest absolute Gasteiger partial charge is 0.233 e. The zero-order chi connectivity index (χ0) is 17.0. The first-order chi connectivity index (χ1) is 10.9. The van der Waals surface area contributed by atoms with Crippen LogP contribution in [0.5, 0.6) is 0 Å². The summed E-state index contributed by atoms with van der Waals surface area (Å²) in [6.45, 7) is 8.11. The summed E-state index contributed by atoms with van der Waals surface area (Å²) in [7, 11) is 0. The maximum atomic E-state index is 12.4. The van der Waals surface area contributed by atoms with Gasteiger partial charge in [0.05, 0.1) is 11.3 Å². The van der Waals surface area contributed by atoms with Crippen molar-refractivity contribution in [3.05, 3.63) is 64.2 Å². The minimum Gasteiger partial charge on any atom is -0.349 e. The first-order valence-electron chi connectivity index (χ1n) is 7.66. The van der Waals surface area contributed by atoms with E-state index in [1.807, 2.05) is 38.1 Å². The zero-order valence-corrected chi connectivity index (χ0v) is 15.5. The van der Waals surface area contributed by atoms with Gasteiger partial charge < -0.3 is 5.32 Å². The molecular formula is C19H22ClNOS. The van der Waals surface area contributed by atoms with Gasteiger partial charge in [-0.15, -0.1) is 11.8 Å². The second kappa shape index (κ2) is 7.89. The molecule has 2 aromatic carbocycles. The van der Waals surface area contributed by atoms with Gasteiger partial charge in [-0.1, -0.05) is 29.8 Å². The Hall–Kier alpha value is -1.45. The Kier molecular flexibility index (Phi) is 6.14. The van der Waals surface area contributed by atoms with Crippen molar-refractivity contribution in [1.82, 2.24) is 5.32 Å². The molecule has 122 valence electrons. The molecule has 0 saturated carbocycles. The summed E-state index contributed by atoms with van der Waals surface area (Å²) in [5, 5.41) is 3.63. The van der Waals surface area contributed by atoms with Gasteiger partial charge in [-0.3, -0.25) is 4.79 Å². The monoisotopic (exact) mass is 347 g/mol. The number of halogens is 1. The van der Waals surface area contributed by atoms with Gasteiger partial charge in [0.15, 0.2) is 0 Å². The van der Waals surface area contributed by atoms with E-state index in [0.717, 1.165) is 10.5 Å². The van der Waals surface area contributed by atoms with E-state index in [1.165, 1.54) is 22.9 Å². The number of thioether (sulfide) groups is 1. The number of hydrogen-bond donors (Lipinski definition) is 1. The topological polar surface area (TPSA) is 29.1 Å². The van der Waals surface area contributed by atoms with E-state index in [2.05, 4.69) is 37.4 Å². The minimum absolute atomic E-state index is 0.00457. The molecule has 0 saturated heterocycles. The van der Waals surface area contributed by atoms with Gasteiger partial charge in [0.25, 0.3) is 0 Å². The fourth-order valence-corrected chi connectivity index (χ4v) is 3.22.